The summed E-state index contributed by atoms with van der Waals surface area (Å²) in [6.07, 6.45) is -0.0279. The lowest BCUT2D eigenvalue weighted by Crippen LogP contribution is -2.15. The number of hydrogen-bond acceptors (Lipinski definition) is 2. The van der Waals surface area contributed by atoms with Crippen molar-refractivity contribution in [3.8, 4) is 0 Å². The molecule has 0 N–H and O–H groups in total. The first-order valence-electron chi connectivity index (χ1n) is 3.60. The van der Waals surface area contributed by atoms with E-state index in [2.05, 4.69) is 0 Å². The van der Waals surface area contributed by atoms with Crippen LogP contribution in [0.25, 0.3) is 0 Å². The van der Waals surface area contributed by atoms with Crippen molar-refractivity contribution >= 4 is 21.4 Å². The van der Waals surface area contributed by atoms with Crippen LogP contribution < -0.4 is 0 Å². The molecule has 0 aliphatic heterocycles. The second-order valence-electron chi connectivity index (χ2n) is 1.94. The highest BCUT2D eigenvalue weighted by Gasteiger charge is 1.98. The second-order valence-corrected chi connectivity index (χ2v) is 3.76. The number of alkyl halides is 1. The molecule has 0 bridgehead atoms. The quantitative estimate of drug-likeness (QED) is 0.265. The highest BCUT2D eigenvalue weighted by Crippen LogP contribution is 1.93. The maximum atomic E-state index is 5.48. The molecule has 0 spiro atoms. The molecule has 10 heavy (non-hydrogen) atoms. The van der Waals surface area contributed by atoms with Crippen molar-refractivity contribution in [3.63, 3.8) is 0 Å². The van der Waals surface area contributed by atoms with E-state index in [9.17, 15) is 0 Å². The minimum atomic E-state index is -0.413. The summed E-state index contributed by atoms with van der Waals surface area (Å²) in [4.78, 5) is 0. The number of rotatable bonds is 6. The summed E-state index contributed by atoms with van der Waals surface area (Å²) in [6, 6.07) is 1.03. The number of halogens is 1. The molecule has 0 fully saturated rings. The van der Waals surface area contributed by atoms with Crippen molar-refractivity contribution in [2.24, 2.45) is 0 Å². The first-order chi connectivity index (χ1) is 4.81. The van der Waals surface area contributed by atoms with Crippen LogP contribution in [-0.2, 0) is 9.16 Å². The fraction of sp³-hybridized carbons (Fsp3) is 1.00. The molecular formula is C6H15ClO2Si. The zero-order chi connectivity index (χ0) is 7.82. The monoisotopic (exact) mass is 182 g/mol. The van der Waals surface area contributed by atoms with Crippen molar-refractivity contribution in [3.05, 3.63) is 0 Å². The van der Waals surface area contributed by atoms with Crippen LogP contribution >= 0.6 is 11.6 Å². The summed E-state index contributed by atoms with van der Waals surface area (Å²) in [7, 11) is -0.413. The van der Waals surface area contributed by atoms with E-state index in [1.54, 1.807) is 0 Å². The Bertz CT molecular complexity index is 72.8. The predicted octanol–water partition coefficient (Wildman–Crippen LogP) is 1.13. The van der Waals surface area contributed by atoms with Gasteiger partial charge in [-0.15, -0.1) is 11.6 Å². The molecule has 0 aromatic rings. The summed E-state index contributed by atoms with van der Waals surface area (Å²) >= 11 is 5.48. The van der Waals surface area contributed by atoms with E-state index < -0.39 is 9.76 Å². The summed E-state index contributed by atoms with van der Waals surface area (Å²) in [5, 5.41) is 0. The molecule has 4 heteroatoms. The normalized spacial score (nSPS) is 14.7. The summed E-state index contributed by atoms with van der Waals surface area (Å²) < 4.78 is 10.5. The third-order valence-corrected chi connectivity index (χ3v) is 3.09. The van der Waals surface area contributed by atoms with Crippen LogP contribution in [0.5, 0.6) is 0 Å². The van der Waals surface area contributed by atoms with Crippen molar-refractivity contribution in [1.29, 1.82) is 0 Å². The fourth-order valence-corrected chi connectivity index (χ4v) is 1.62. The van der Waals surface area contributed by atoms with Gasteiger partial charge in [-0.05, 0) is 19.9 Å². The van der Waals surface area contributed by atoms with Gasteiger partial charge in [0.1, 0.15) is 6.29 Å². The van der Waals surface area contributed by atoms with Gasteiger partial charge in [0.2, 0.25) is 0 Å². The van der Waals surface area contributed by atoms with E-state index in [-0.39, 0.29) is 6.29 Å². The molecule has 0 radical (unpaired) electrons. The van der Waals surface area contributed by atoms with Gasteiger partial charge in [-0.2, -0.15) is 0 Å². The summed E-state index contributed by atoms with van der Waals surface area (Å²) in [5.41, 5.74) is 0. The lowest BCUT2D eigenvalue weighted by Gasteiger charge is -2.11. The van der Waals surface area contributed by atoms with E-state index in [4.69, 9.17) is 20.8 Å². The van der Waals surface area contributed by atoms with Crippen LogP contribution in [0.4, 0.5) is 0 Å². The lowest BCUT2D eigenvalue weighted by molar-refractivity contribution is -0.0604. The van der Waals surface area contributed by atoms with Crippen molar-refractivity contribution in [1.82, 2.24) is 0 Å². The Kier molecular flexibility index (Phi) is 7.85. The van der Waals surface area contributed by atoms with Crippen molar-refractivity contribution in [2.45, 2.75) is 26.2 Å². The number of hydrogen-bond donors (Lipinski definition) is 0. The molecule has 1 atom stereocenters. The van der Waals surface area contributed by atoms with Gasteiger partial charge in [-0.3, -0.25) is 0 Å². The second kappa shape index (κ2) is 7.53. The average molecular weight is 183 g/mol. The van der Waals surface area contributed by atoms with Crippen LogP contribution in [0.2, 0.25) is 6.04 Å². The molecule has 0 aliphatic rings. The van der Waals surface area contributed by atoms with Crippen molar-refractivity contribution < 1.29 is 9.16 Å². The van der Waals surface area contributed by atoms with Crippen LogP contribution in [-0.4, -0.2) is 28.5 Å². The van der Waals surface area contributed by atoms with Gasteiger partial charge in [0, 0.05) is 12.5 Å². The SMILES string of the molecule is CCOC(C)O[SiH2]CCCl. The first-order valence-corrected chi connectivity index (χ1v) is 5.71. The molecule has 0 aromatic heterocycles. The van der Waals surface area contributed by atoms with Crippen LogP contribution in [0.1, 0.15) is 13.8 Å². The average Bonchev–Trinajstić information content (AvgIpc) is 1.89. The Morgan fingerprint density at radius 1 is 1.60 bits per heavy atom. The third kappa shape index (κ3) is 6.55. The van der Waals surface area contributed by atoms with Crippen LogP contribution in [0, 0.1) is 0 Å². The minimum absolute atomic E-state index is 0.0279. The zero-order valence-electron chi connectivity index (χ0n) is 6.60. The van der Waals surface area contributed by atoms with E-state index in [1.807, 2.05) is 13.8 Å². The topological polar surface area (TPSA) is 18.5 Å². The van der Waals surface area contributed by atoms with Gasteiger partial charge in [0.05, 0.1) is 0 Å². The fourth-order valence-electron chi connectivity index (χ4n) is 0.587. The van der Waals surface area contributed by atoms with Crippen LogP contribution in [0.15, 0.2) is 0 Å². The lowest BCUT2D eigenvalue weighted by atomic mass is 10.7. The van der Waals surface area contributed by atoms with Gasteiger partial charge in [0.15, 0.2) is 9.76 Å². The minimum Gasteiger partial charge on any atom is -0.400 e. The Balaban J connectivity index is 2.97. The zero-order valence-corrected chi connectivity index (χ0v) is 8.77. The summed E-state index contributed by atoms with van der Waals surface area (Å²) in [6.45, 7) is 4.60. The number of ether oxygens (including phenoxy) is 1. The molecule has 0 rings (SSSR count). The van der Waals surface area contributed by atoms with Crippen molar-refractivity contribution in [2.75, 3.05) is 12.5 Å². The molecule has 0 aromatic carbocycles. The molecular weight excluding hydrogens is 168 g/mol. The van der Waals surface area contributed by atoms with Gasteiger partial charge < -0.3 is 9.16 Å². The molecule has 0 saturated heterocycles. The predicted molar refractivity (Wildman–Crippen MR) is 46.2 cm³/mol. The third-order valence-electron chi connectivity index (χ3n) is 1.03. The standard InChI is InChI=1S/C6H15ClO2Si/c1-3-8-6(2)9-10-5-4-7/h6H,3-5,10H2,1-2H3. The molecule has 1 unspecified atom stereocenters. The molecule has 0 heterocycles. The maximum absolute atomic E-state index is 5.48. The van der Waals surface area contributed by atoms with Crippen LogP contribution in [0.3, 0.4) is 0 Å². The van der Waals surface area contributed by atoms with E-state index >= 15 is 0 Å². The maximum Gasteiger partial charge on any atom is 0.166 e. The van der Waals surface area contributed by atoms with E-state index in [1.165, 1.54) is 0 Å². The Morgan fingerprint density at radius 3 is 2.80 bits per heavy atom. The smallest absolute Gasteiger partial charge is 0.166 e. The van der Waals surface area contributed by atoms with Gasteiger partial charge in [0.25, 0.3) is 0 Å². The van der Waals surface area contributed by atoms with Gasteiger partial charge in [-0.1, -0.05) is 0 Å². The highest BCUT2D eigenvalue weighted by atomic mass is 35.5. The highest BCUT2D eigenvalue weighted by molar-refractivity contribution is 6.31. The largest absolute Gasteiger partial charge is 0.400 e. The molecule has 2 nitrogen and oxygen atoms in total. The Labute approximate surface area is 69.8 Å². The first kappa shape index (κ1) is 10.4. The molecule has 0 aliphatic carbocycles. The van der Waals surface area contributed by atoms with E-state index in [0.717, 1.165) is 12.7 Å². The molecule has 62 valence electrons. The van der Waals surface area contributed by atoms with Gasteiger partial charge >= 0.3 is 0 Å². The Hall–Kier alpha value is 0.427. The Morgan fingerprint density at radius 2 is 2.30 bits per heavy atom. The molecule has 0 saturated carbocycles. The summed E-state index contributed by atoms with van der Waals surface area (Å²) in [5.74, 6) is 0.713. The molecule has 0 amide bonds. The van der Waals surface area contributed by atoms with Gasteiger partial charge in [-0.25, -0.2) is 0 Å². The van der Waals surface area contributed by atoms with E-state index in [0.29, 0.717) is 5.88 Å².